The monoisotopic (exact) mass is 477 g/mol. The van der Waals surface area contributed by atoms with E-state index in [1.54, 1.807) is 18.2 Å². The summed E-state index contributed by atoms with van der Waals surface area (Å²) in [5, 5.41) is 9.36. The first-order valence-corrected chi connectivity index (χ1v) is 13.6. The molecular formula is C25H25FN5O2P. The summed E-state index contributed by atoms with van der Waals surface area (Å²) in [6, 6.07) is 12.2. The summed E-state index contributed by atoms with van der Waals surface area (Å²) in [6.45, 7) is 2.78. The lowest BCUT2D eigenvalue weighted by atomic mass is 9.93. The van der Waals surface area contributed by atoms with Crippen molar-refractivity contribution in [2.24, 2.45) is 9.98 Å². The molecule has 0 unspecified atom stereocenters. The van der Waals surface area contributed by atoms with Crippen LogP contribution in [0.25, 0.3) is 0 Å². The van der Waals surface area contributed by atoms with Gasteiger partial charge in [-0.3, -0.25) is 9.79 Å². The number of likely N-dealkylation sites (tertiary alicyclic amines) is 1. The van der Waals surface area contributed by atoms with Crippen molar-refractivity contribution >= 4 is 29.9 Å². The molecule has 0 amide bonds. The summed E-state index contributed by atoms with van der Waals surface area (Å²) < 4.78 is 28.8. The third-order valence-corrected chi connectivity index (χ3v) is 9.87. The molecule has 0 bridgehead atoms. The number of ketones is 1. The minimum absolute atomic E-state index is 0.00660. The minimum Gasteiger partial charge on any atom is -0.342 e. The highest BCUT2D eigenvalue weighted by molar-refractivity contribution is 7.71. The number of rotatable bonds is 3. The highest BCUT2D eigenvalue weighted by atomic mass is 31.2. The molecule has 2 fully saturated rings. The van der Waals surface area contributed by atoms with Crippen molar-refractivity contribution in [2.75, 3.05) is 45.0 Å². The minimum atomic E-state index is -2.94. The van der Waals surface area contributed by atoms with E-state index in [0.717, 1.165) is 36.3 Å². The number of guanidine groups is 1. The first kappa shape index (κ1) is 22.5. The number of aliphatic imine (C=N–C) groups is 2. The number of carbonyl (C=O) groups is 1. The molecule has 3 heterocycles. The fraction of sp³-hybridized carbons (Fsp3) is 0.360. The van der Waals surface area contributed by atoms with Gasteiger partial charge in [-0.1, -0.05) is 30.3 Å². The normalized spacial score (nSPS) is 19.7. The summed E-state index contributed by atoms with van der Waals surface area (Å²) in [7, 11) is -2.94. The van der Waals surface area contributed by atoms with Crippen LogP contribution in [-0.2, 0) is 11.0 Å². The van der Waals surface area contributed by atoms with Gasteiger partial charge in [-0.25, -0.2) is 4.39 Å². The van der Waals surface area contributed by atoms with Crippen LogP contribution >= 0.6 is 7.14 Å². The van der Waals surface area contributed by atoms with Gasteiger partial charge in [0.1, 0.15) is 19.5 Å². The van der Waals surface area contributed by atoms with E-state index in [0.29, 0.717) is 43.4 Å². The van der Waals surface area contributed by atoms with Crippen LogP contribution in [0.5, 0.6) is 0 Å². The van der Waals surface area contributed by atoms with Crippen molar-refractivity contribution in [1.82, 2.24) is 9.80 Å². The maximum atomic E-state index is 14.9. The van der Waals surface area contributed by atoms with Crippen molar-refractivity contribution in [3.8, 4) is 6.19 Å². The second kappa shape index (κ2) is 9.15. The maximum absolute atomic E-state index is 14.9. The van der Waals surface area contributed by atoms with Crippen LogP contribution in [0.4, 0.5) is 4.39 Å². The van der Waals surface area contributed by atoms with Gasteiger partial charge in [0.15, 0.2) is 5.78 Å². The van der Waals surface area contributed by atoms with Gasteiger partial charge in [0.05, 0.1) is 0 Å². The highest BCUT2D eigenvalue weighted by Gasteiger charge is 2.36. The van der Waals surface area contributed by atoms with Gasteiger partial charge < -0.3 is 14.4 Å². The maximum Gasteiger partial charge on any atom is 0.212 e. The fourth-order valence-electron chi connectivity index (χ4n) is 4.77. The van der Waals surface area contributed by atoms with Crippen molar-refractivity contribution < 1.29 is 13.8 Å². The third-order valence-electron chi connectivity index (χ3n) is 6.81. The molecule has 2 aromatic carbocycles. The number of hydrogen-bond donors (Lipinski definition) is 0. The lowest BCUT2D eigenvalue weighted by molar-refractivity contribution is 0.1000. The van der Waals surface area contributed by atoms with Crippen molar-refractivity contribution in [3.05, 3.63) is 65.0 Å². The highest BCUT2D eigenvalue weighted by Crippen LogP contribution is 2.47. The van der Waals surface area contributed by atoms with E-state index in [9.17, 15) is 13.8 Å². The van der Waals surface area contributed by atoms with E-state index in [1.165, 1.54) is 6.07 Å². The Balaban J connectivity index is 1.36. The summed E-state index contributed by atoms with van der Waals surface area (Å²) in [5.41, 5.74) is 3.07. The molecule has 0 aliphatic carbocycles. The van der Waals surface area contributed by atoms with Crippen LogP contribution in [0.1, 0.15) is 27.9 Å². The van der Waals surface area contributed by atoms with Crippen LogP contribution in [0.2, 0.25) is 0 Å². The molecule has 174 valence electrons. The molecule has 3 aliphatic rings. The first-order valence-electron chi connectivity index (χ1n) is 11.5. The summed E-state index contributed by atoms with van der Waals surface area (Å²) in [4.78, 5) is 24.7. The van der Waals surface area contributed by atoms with Gasteiger partial charge in [0.25, 0.3) is 0 Å². The molecule has 2 aromatic rings. The molecule has 2 saturated heterocycles. The fourth-order valence-corrected chi connectivity index (χ4v) is 7.47. The molecule has 0 saturated carbocycles. The number of nitriles is 1. The van der Waals surface area contributed by atoms with E-state index >= 15 is 0 Å². The summed E-state index contributed by atoms with van der Waals surface area (Å²) in [5.74, 6) is 0.181. The number of hydrogen-bond acceptors (Lipinski definition) is 5. The molecule has 0 radical (unpaired) electrons. The average molecular weight is 477 g/mol. The van der Waals surface area contributed by atoms with Crippen LogP contribution in [0.15, 0.2) is 52.4 Å². The van der Waals surface area contributed by atoms with Gasteiger partial charge in [-0.05, 0) is 24.1 Å². The molecule has 9 heteroatoms. The number of halogens is 1. The zero-order chi connectivity index (χ0) is 23.7. The average Bonchev–Trinajstić information content (AvgIpc) is 2.81. The van der Waals surface area contributed by atoms with Crippen LogP contribution in [0.3, 0.4) is 0 Å². The number of fused-ring (bicyclic) bond motifs is 1. The Morgan fingerprint density at radius 3 is 2.47 bits per heavy atom. The van der Waals surface area contributed by atoms with Gasteiger partial charge in [-0.15, -0.1) is 4.99 Å². The zero-order valence-electron chi connectivity index (χ0n) is 18.8. The lowest BCUT2D eigenvalue weighted by Crippen LogP contribution is -2.53. The van der Waals surface area contributed by atoms with Crippen molar-refractivity contribution in [3.63, 3.8) is 0 Å². The van der Waals surface area contributed by atoms with E-state index in [1.807, 2.05) is 34.2 Å². The molecule has 34 heavy (non-hydrogen) atoms. The number of nitrogens with zero attached hydrogens (tertiary/aromatic N) is 5. The largest absolute Gasteiger partial charge is 0.342 e. The molecule has 0 spiro atoms. The van der Waals surface area contributed by atoms with Crippen molar-refractivity contribution in [2.45, 2.75) is 12.8 Å². The zero-order valence-corrected chi connectivity index (χ0v) is 19.7. The summed E-state index contributed by atoms with van der Waals surface area (Å²) in [6.07, 6.45) is 4.06. The van der Waals surface area contributed by atoms with E-state index in [-0.39, 0.29) is 17.6 Å². The second-order valence-corrected chi connectivity index (χ2v) is 12.0. The Morgan fingerprint density at radius 2 is 1.79 bits per heavy atom. The molecule has 0 aromatic heterocycles. The SMILES string of the molecule is N#CN=C(N1CCC1)N1CCP(=O)(c2cc(CC3=NCC(=O)c4ccccc43)ccc2F)CC1. The molecule has 3 aliphatic heterocycles. The van der Waals surface area contributed by atoms with E-state index < -0.39 is 13.0 Å². The number of benzene rings is 2. The first-order chi connectivity index (χ1) is 16.5. The Hall–Kier alpha value is -3.30. The number of Topliss-reactive ketones (excluding diaryl/α,β-unsaturated/α-hetero) is 1. The van der Waals surface area contributed by atoms with Gasteiger partial charge in [0, 0.05) is 67.1 Å². The van der Waals surface area contributed by atoms with Gasteiger partial charge in [-0.2, -0.15) is 5.26 Å². The molecular weight excluding hydrogens is 452 g/mol. The Bertz CT molecular complexity index is 1280. The Labute approximate surface area is 198 Å². The Kier molecular flexibility index (Phi) is 6.05. The predicted octanol–water partition coefficient (Wildman–Crippen LogP) is 2.90. The van der Waals surface area contributed by atoms with Crippen LogP contribution in [0, 0.1) is 17.3 Å². The van der Waals surface area contributed by atoms with Gasteiger partial charge >= 0.3 is 0 Å². The second-order valence-electron chi connectivity index (χ2n) is 8.87. The molecule has 5 rings (SSSR count). The molecule has 0 N–H and O–H groups in total. The smallest absolute Gasteiger partial charge is 0.212 e. The van der Waals surface area contributed by atoms with Crippen LogP contribution < -0.4 is 5.30 Å². The molecule has 7 nitrogen and oxygen atoms in total. The molecule has 0 atom stereocenters. The topological polar surface area (TPSA) is 89.1 Å². The predicted molar refractivity (Wildman–Crippen MR) is 130 cm³/mol. The quantitative estimate of drug-likeness (QED) is 0.294. The Morgan fingerprint density at radius 1 is 1.09 bits per heavy atom. The van der Waals surface area contributed by atoms with E-state index in [4.69, 9.17) is 5.26 Å². The number of carbonyl (C=O) groups excluding carboxylic acids is 1. The van der Waals surface area contributed by atoms with Gasteiger partial charge in [0.2, 0.25) is 12.2 Å². The third kappa shape index (κ3) is 4.17. The standard InChI is InChI=1S/C25H25FN5O2P/c26-21-7-6-18(14-22-19-4-1-2-5-20(19)23(32)16-28-22)15-24(21)34(33)12-10-31(11-13-34)25(29-17-27)30-8-3-9-30/h1-2,4-7,15H,3,8-14,16H2. The van der Waals surface area contributed by atoms with Crippen molar-refractivity contribution in [1.29, 1.82) is 5.26 Å². The van der Waals surface area contributed by atoms with E-state index in [2.05, 4.69) is 9.98 Å². The van der Waals surface area contributed by atoms with Crippen LogP contribution in [-0.4, -0.2) is 72.3 Å². The summed E-state index contributed by atoms with van der Waals surface area (Å²) >= 11 is 0. The lowest BCUT2D eigenvalue weighted by Gasteiger charge is -2.41.